The molecule has 0 aliphatic heterocycles. The summed E-state index contributed by atoms with van der Waals surface area (Å²) < 4.78 is 0. The van der Waals surface area contributed by atoms with Crippen molar-refractivity contribution >= 4 is 56.3 Å². The molecule has 0 unspecified atom stereocenters. The van der Waals surface area contributed by atoms with Gasteiger partial charge < -0.3 is 0 Å². The van der Waals surface area contributed by atoms with Gasteiger partial charge in [0.15, 0.2) is 0 Å². The van der Waals surface area contributed by atoms with Crippen molar-refractivity contribution in [1.29, 1.82) is 0 Å². The van der Waals surface area contributed by atoms with Crippen LogP contribution < -0.4 is 0 Å². The van der Waals surface area contributed by atoms with Gasteiger partial charge in [0.05, 0.1) is 10.0 Å². The van der Waals surface area contributed by atoms with Crippen molar-refractivity contribution in [3.05, 3.63) is 57.5 Å². The predicted octanol–water partition coefficient (Wildman–Crippen LogP) is 5.95. The lowest BCUT2D eigenvalue weighted by molar-refractivity contribution is 1.76. The highest BCUT2D eigenvalue weighted by Gasteiger charge is 2.06. The normalized spacial score (nSPS) is 11.2. The Kier molecular flexibility index (Phi) is 2.67. The molecule has 3 heteroatoms. The van der Waals surface area contributed by atoms with E-state index in [0.29, 0.717) is 10.0 Å². The average Bonchev–Trinajstić information content (AvgIpc) is 2.31. The van der Waals surface area contributed by atoms with Crippen LogP contribution in [0.25, 0.3) is 21.5 Å². The van der Waals surface area contributed by atoms with Gasteiger partial charge in [0, 0.05) is 10.4 Å². The molecule has 0 N–H and O–H groups in total. The van der Waals surface area contributed by atoms with Crippen LogP contribution >= 0.6 is 34.8 Å². The SMILES string of the molecule is Clc1cc2ccc3c(Cl)cccc3c2cc1Cl. The van der Waals surface area contributed by atoms with E-state index in [0.717, 1.165) is 26.6 Å². The molecule has 0 atom stereocenters. The lowest BCUT2D eigenvalue weighted by Crippen LogP contribution is -1.80. The molecule has 0 aliphatic carbocycles. The number of halogens is 3. The Morgan fingerprint density at radius 3 is 2.18 bits per heavy atom. The second kappa shape index (κ2) is 4.06. The van der Waals surface area contributed by atoms with Crippen molar-refractivity contribution in [1.82, 2.24) is 0 Å². The Bertz CT molecular complexity index is 732. The molecule has 84 valence electrons. The topological polar surface area (TPSA) is 0 Å². The van der Waals surface area contributed by atoms with Crippen LogP contribution in [0.3, 0.4) is 0 Å². The summed E-state index contributed by atoms with van der Waals surface area (Å²) in [5, 5.41) is 6.13. The molecule has 0 amide bonds. The number of fused-ring (bicyclic) bond motifs is 3. The zero-order valence-corrected chi connectivity index (χ0v) is 10.9. The zero-order chi connectivity index (χ0) is 12.0. The van der Waals surface area contributed by atoms with Crippen LogP contribution in [-0.4, -0.2) is 0 Å². The first-order valence-corrected chi connectivity index (χ1v) is 6.26. The van der Waals surface area contributed by atoms with E-state index in [4.69, 9.17) is 34.8 Å². The van der Waals surface area contributed by atoms with Crippen LogP contribution in [0.1, 0.15) is 0 Å². The van der Waals surface area contributed by atoms with E-state index in [-0.39, 0.29) is 0 Å². The van der Waals surface area contributed by atoms with Crippen molar-refractivity contribution in [2.24, 2.45) is 0 Å². The minimum absolute atomic E-state index is 0.562. The Balaban J connectivity index is 2.55. The van der Waals surface area contributed by atoms with Crippen molar-refractivity contribution < 1.29 is 0 Å². The second-order valence-corrected chi connectivity index (χ2v) is 5.11. The van der Waals surface area contributed by atoms with E-state index in [1.165, 1.54) is 0 Å². The molecule has 0 saturated carbocycles. The fraction of sp³-hybridized carbons (Fsp3) is 0. The lowest BCUT2D eigenvalue weighted by atomic mass is 10.0. The molecule has 0 bridgehead atoms. The van der Waals surface area contributed by atoms with Gasteiger partial charge in [-0.05, 0) is 34.4 Å². The molecule has 0 heterocycles. The standard InChI is InChI=1S/C14H7Cl3/c15-12-3-1-2-9-10(12)5-4-8-6-13(16)14(17)7-11(8)9/h1-7H. The summed E-state index contributed by atoms with van der Waals surface area (Å²) in [7, 11) is 0. The third kappa shape index (κ3) is 1.77. The first-order chi connectivity index (χ1) is 8.16. The van der Waals surface area contributed by atoms with Crippen LogP contribution in [0.15, 0.2) is 42.5 Å². The molecule has 3 aromatic carbocycles. The highest BCUT2D eigenvalue weighted by molar-refractivity contribution is 6.43. The summed E-state index contributed by atoms with van der Waals surface area (Å²) in [5.41, 5.74) is 0. The summed E-state index contributed by atoms with van der Waals surface area (Å²) in [6.45, 7) is 0. The van der Waals surface area contributed by atoms with E-state index in [1.54, 1.807) is 0 Å². The molecule has 3 aromatic rings. The Hall–Kier alpha value is -0.950. The summed E-state index contributed by atoms with van der Waals surface area (Å²) in [5.74, 6) is 0. The van der Waals surface area contributed by atoms with Crippen molar-refractivity contribution in [3.8, 4) is 0 Å². The monoisotopic (exact) mass is 280 g/mol. The average molecular weight is 282 g/mol. The van der Waals surface area contributed by atoms with Gasteiger partial charge in [0.1, 0.15) is 0 Å². The lowest BCUT2D eigenvalue weighted by Gasteiger charge is -2.06. The number of hydrogen-bond donors (Lipinski definition) is 0. The summed E-state index contributed by atoms with van der Waals surface area (Å²) in [6.07, 6.45) is 0. The van der Waals surface area contributed by atoms with Gasteiger partial charge in [-0.25, -0.2) is 0 Å². The third-order valence-corrected chi connectivity index (χ3v) is 3.92. The Morgan fingerprint density at radius 1 is 0.588 bits per heavy atom. The van der Waals surface area contributed by atoms with Gasteiger partial charge in [-0.15, -0.1) is 0 Å². The van der Waals surface area contributed by atoms with Gasteiger partial charge in [0.25, 0.3) is 0 Å². The Morgan fingerprint density at radius 2 is 1.35 bits per heavy atom. The van der Waals surface area contributed by atoms with Gasteiger partial charge in [-0.3, -0.25) is 0 Å². The van der Waals surface area contributed by atoms with Crippen LogP contribution in [0.5, 0.6) is 0 Å². The minimum Gasteiger partial charge on any atom is -0.0837 e. The fourth-order valence-corrected chi connectivity index (χ4v) is 2.62. The molecule has 0 spiro atoms. The molecular weight excluding hydrogens is 275 g/mol. The number of rotatable bonds is 0. The summed E-state index contributed by atoms with van der Waals surface area (Å²) in [4.78, 5) is 0. The third-order valence-electron chi connectivity index (χ3n) is 2.87. The molecule has 0 fully saturated rings. The minimum atomic E-state index is 0.562. The molecule has 0 aliphatic rings. The highest BCUT2D eigenvalue weighted by atomic mass is 35.5. The molecular formula is C14H7Cl3. The van der Waals surface area contributed by atoms with Crippen LogP contribution in [0, 0.1) is 0 Å². The van der Waals surface area contributed by atoms with Crippen LogP contribution in [0.2, 0.25) is 15.1 Å². The zero-order valence-electron chi connectivity index (χ0n) is 8.68. The maximum Gasteiger partial charge on any atom is 0.0598 e. The molecule has 0 radical (unpaired) electrons. The second-order valence-electron chi connectivity index (χ2n) is 3.89. The molecule has 3 rings (SSSR count). The van der Waals surface area contributed by atoms with Crippen molar-refractivity contribution in [2.45, 2.75) is 0 Å². The first kappa shape index (κ1) is 11.2. The predicted molar refractivity (Wildman–Crippen MR) is 76.5 cm³/mol. The van der Waals surface area contributed by atoms with Crippen molar-refractivity contribution in [2.75, 3.05) is 0 Å². The summed E-state index contributed by atoms with van der Waals surface area (Å²) >= 11 is 18.2. The molecule has 0 saturated heterocycles. The fourth-order valence-electron chi connectivity index (χ4n) is 2.05. The van der Waals surface area contributed by atoms with E-state index >= 15 is 0 Å². The van der Waals surface area contributed by atoms with E-state index < -0.39 is 0 Å². The first-order valence-electron chi connectivity index (χ1n) is 5.13. The Labute approximate surface area is 114 Å². The number of benzene rings is 3. The van der Waals surface area contributed by atoms with Crippen LogP contribution in [0.4, 0.5) is 0 Å². The molecule has 0 nitrogen and oxygen atoms in total. The van der Waals surface area contributed by atoms with Gasteiger partial charge >= 0.3 is 0 Å². The van der Waals surface area contributed by atoms with Crippen LogP contribution in [-0.2, 0) is 0 Å². The maximum absolute atomic E-state index is 6.17. The van der Waals surface area contributed by atoms with E-state index in [1.807, 2.05) is 42.5 Å². The smallest absolute Gasteiger partial charge is 0.0598 e. The summed E-state index contributed by atoms with van der Waals surface area (Å²) in [6, 6.07) is 13.6. The largest absolute Gasteiger partial charge is 0.0837 e. The quantitative estimate of drug-likeness (QED) is 0.446. The number of hydrogen-bond acceptors (Lipinski definition) is 0. The van der Waals surface area contributed by atoms with E-state index in [9.17, 15) is 0 Å². The maximum atomic E-state index is 6.17. The van der Waals surface area contributed by atoms with Gasteiger partial charge in [-0.1, -0.05) is 59.1 Å². The highest BCUT2D eigenvalue weighted by Crippen LogP contribution is 2.34. The molecule has 0 aromatic heterocycles. The van der Waals surface area contributed by atoms with Gasteiger partial charge in [-0.2, -0.15) is 0 Å². The van der Waals surface area contributed by atoms with Crippen molar-refractivity contribution in [3.63, 3.8) is 0 Å². The van der Waals surface area contributed by atoms with Gasteiger partial charge in [0.2, 0.25) is 0 Å². The molecule has 17 heavy (non-hydrogen) atoms. The van der Waals surface area contributed by atoms with E-state index in [2.05, 4.69) is 0 Å².